The van der Waals surface area contributed by atoms with E-state index in [-0.39, 0.29) is 17.0 Å². The zero-order valence-corrected chi connectivity index (χ0v) is 10.7. The molecule has 0 amide bonds. The summed E-state index contributed by atoms with van der Waals surface area (Å²) in [7, 11) is 0. The third-order valence-electron chi connectivity index (χ3n) is 3.06. The molecule has 0 saturated carbocycles. The second kappa shape index (κ2) is 4.89. The molecule has 1 nitrogen and oxygen atoms in total. The average Bonchev–Trinajstić information content (AvgIpc) is 2.25. The van der Waals surface area contributed by atoms with Gasteiger partial charge in [-0.25, -0.2) is 4.39 Å². The second-order valence-corrected chi connectivity index (χ2v) is 5.56. The molecule has 0 N–H and O–H groups in total. The zero-order chi connectivity index (χ0) is 13.2. The van der Waals surface area contributed by atoms with Crippen molar-refractivity contribution in [2.24, 2.45) is 5.41 Å². The molecule has 1 aliphatic rings. The van der Waals surface area contributed by atoms with Crippen molar-refractivity contribution >= 4 is 11.9 Å². The van der Waals surface area contributed by atoms with Crippen molar-refractivity contribution in [3.63, 3.8) is 0 Å². The van der Waals surface area contributed by atoms with Crippen LogP contribution >= 0.6 is 0 Å². The summed E-state index contributed by atoms with van der Waals surface area (Å²) in [4.78, 5) is 11.6. The number of benzene rings is 1. The molecule has 0 heterocycles. The molecule has 0 atom stereocenters. The summed E-state index contributed by atoms with van der Waals surface area (Å²) < 4.78 is 13.4. The first-order valence-corrected chi connectivity index (χ1v) is 6.12. The van der Waals surface area contributed by atoms with E-state index < -0.39 is 0 Å². The molecule has 0 aromatic heterocycles. The lowest BCUT2D eigenvalue weighted by Gasteiger charge is -2.27. The number of rotatable bonds is 2. The fourth-order valence-corrected chi connectivity index (χ4v) is 2.31. The van der Waals surface area contributed by atoms with Crippen molar-refractivity contribution in [2.75, 3.05) is 0 Å². The lowest BCUT2D eigenvalue weighted by Crippen LogP contribution is -2.21. The Morgan fingerprint density at radius 1 is 1.17 bits per heavy atom. The smallest absolute Gasteiger partial charge is 0.156 e. The quantitative estimate of drug-likeness (QED) is 0.763. The fourth-order valence-electron chi connectivity index (χ4n) is 2.31. The van der Waals surface area contributed by atoms with E-state index in [4.69, 9.17) is 0 Å². The molecule has 0 radical (unpaired) electrons. The molecule has 0 aliphatic heterocycles. The average molecular weight is 244 g/mol. The summed E-state index contributed by atoms with van der Waals surface area (Å²) in [6.07, 6.45) is 6.68. The van der Waals surface area contributed by atoms with Crippen molar-refractivity contribution in [1.29, 1.82) is 0 Å². The molecule has 1 aliphatic carbocycles. The van der Waals surface area contributed by atoms with Gasteiger partial charge in [-0.2, -0.15) is 0 Å². The van der Waals surface area contributed by atoms with Crippen LogP contribution in [-0.4, -0.2) is 5.78 Å². The Balaban J connectivity index is 2.20. The maximum absolute atomic E-state index is 13.4. The van der Waals surface area contributed by atoms with Crippen LogP contribution in [0.3, 0.4) is 0 Å². The summed E-state index contributed by atoms with van der Waals surface area (Å²) in [6.45, 7) is 4.16. The second-order valence-electron chi connectivity index (χ2n) is 5.56. The van der Waals surface area contributed by atoms with Gasteiger partial charge in [0.25, 0.3) is 0 Å². The van der Waals surface area contributed by atoms with Crippen LogP contribution < -0.4 is 0 Å². The monoisotopic (exact) mass is 244 g/mol. The predicted octanol–water partition coefficient (Wildman–Crippen LogP) is 4.15. The number of hydrogen-bond acceptors (Lipinski definition) is 1. The summed E-state index contributed by atoms with van der Waals surface area (Å²) >= 11 is 0. The molecule has 0 fully saturated rings. The van der Waals surface area contributed by atoms with Crippen molar-refractivity contribution < 1.29 is 9.18 Å². The van der Waals surface area contributed by atoms with Gasteiger partial charge in [0.2, 0.25) is 0 Å². The fraction of sp³-hybridized carbons (Fsp3) is 0.312. The molecular formula is C16H17FO. The van der Waals surface area contributed by atoms with Gasteiger partial charge >= 0.3 is 0 Å². The Bertz CT molecular complexity index is 524. The summed E-state index contributed by atoms with van der Waals surface area (Å²) in [5, 5.41) is 0. The zero-order valence-electron chi connectivity index (χ0n) is 10.7. The van der Waals surface area contributed by atoms with Crippen molar-refractivity contribution in [3.05, 3.63) is 53.4 Å². The number of hydrogen-bond donors (Lipinski definition) is 0. The van der Waals surface area contributed by atoms with Gasteiger partial charge in [0.15, 0.2) is 5.78 Å². The lowest BCUT2D eigenvalue weighted by atomic mass is 9.77. The Kier molecular flexibility index (Phi) is 3.46. The van der Waals surface area contributed by atoms with E-state index in [1.165, 1.54) is 6.07 Å². The molecule has 0 spiro atoms. The largest absolute Gasteiger partial charge is 0.295 e. The highest BCUT2D eigenvalue weighted by Crippen LogP contribution is 2.34. The topological polar surface area (TPSA) is 17.1 Å². The van der Waals surface area contributed by atoms with Crippen molar-refractivity contribution in [2.45, 2.75) is 26.7 Å². The third-order valence-corrected chi connectivity index (χ3v) is 3.06. The van der Waals surface area contributed by atoms with Crippen LogP contribution in [0.4, 0.5) is 4.39 Å². The van der Waals surface area contributed by atoms with Crippen molar-refractivity contribution in [1.82, 2.24) is 0 Å². The van der Waals surface area contributed by atoms with Crippen LogP contribution in [0.15, 0.2) is 42.0 Å². The van der Waals surface area contributed by atoms with Crippen LogP contribution in [0.1, 0.15) is 32.3 Å². The number of ketones is 1. The van der Waals surface area contributed by atoms with Crippen LogP contribution in [-0.2, 0) is 4.79 Å². The van der Waals surface area contributed by atoms with E-state index in [0.29, 0.717) is 12.0 Å². The van der Waals surface area contributed by atoms with Gasteiger partial charge in [-0.15, -0.1) is 0 Å². The Hall–Kier alpha value is -1.70. The third kappa shape index (κ3) is 3.16. The molecule has 2 heteroatoms. The van der Waals surface area contributed by atoms with Crippen LogP contribution in [0.25, 0.3) is 6.08 Å². The van der Waals surface area contributed by atoms with Crippen LogP contribution in [0.5, 0.6) is 0 Å². The highest BCUT2D eigenvalue weighted by molar-refractivity contribution is 5.92. The minimum absolute atomic E-state index is 0.000733. The van der Waals surface area contributed by atoms with Gasteiger partial charge in [-0.05, 0) is 29.6 Å². The van der Waals surface area contributed by atoms with Gasteiger partial charge in [0.1, 0.15) is 5.82 Å². The molecule has 18 heavy (non-hydrogen) atoms. The first-order valence-electron chi connectivity index (χ1n) is 6.12. The van der Waals surface area contributed by atoms with Crippen LogP contribution in [0.2, 0.25) is 0 Å². The van der Waals surface area contributed by atoms with E-state index in [2.05, 4.69) is 13.8 Å². The number of carbonyl (C=O) groups is 1. The summed E-state index contributed by atoms with van der Waals surface area (Å²) in [5.41, 5.74) is 1.52. The number of halogens is 1. The molecule has 2 rings (SSSR count). The number of carbonyl (C=O) groups excluding carboxylic acids is 1. The highest BCUT2D eigenvalue weighted by Gasteiger charge is 2.26. The maximum Gasteiger partial charge on any atom is 0.156 e. The molecule has 0 unspecified atom stereocenters. The predicted molar refractivity (Wildman–Crippen MR) is 71.5 cm³/mol. The summed E-state index contributed by atoms with van der Waals surface area (Å²) in [6, 6.07) is 6.62. The molecule has 0 saturated heterocycles. The minimum atomic E-state index is -0.240. The van der Waals surface area contributed by atoms with Gasteiger partial charge in [0, 0.05) is 12.0 Å². The maximum atomic E-state index is 13.4. The van der Waals surface area contributed by atoms with E-state index in [1.807, 2.05) is 6.08 Å². The van der Waals surface area contributed by atoms with Gasteiger partial charge in [0.05, 0.1) is 0 Å². The highest BCUT2D eigenvalue weighted by atomic mass is 19.1. The Morgan fingerprint density at radius 3 is 2.56 bits per heavy atom. The first kappa shape index (κ1) is 12.7. The van der Waals surface area contributed by atoms with Gasteiger partial charge < -0.3 is 0 Å². The Labute approximate surface area is 107 Å². The van der Waals surface area contributed by atoms with Crippen molar-refractivity contribution in [3.8, 4) is 0 Å². The van der Waals surface area contributed by atoms with Gasteiger partial charge in [-0.3, -0.25) is 4.79 Å². The van der Waals surface area contributed by atoms with E-state index in [0.717, 1.165) is 12.0 Å². The normalized spacial score (nSPS) is 19.1. The van der Waals surface area contributed by atoms with Crippen LogP contribution in [0, 0.1) is 11.2 Å². The van der Waals surface area contributed by atoms with E-state index in [9.17, 15) is 9.18 Å². The molecule has 94 valence electrons. The SMILES string of the molecule is CC1(C)CC(=O)C=C(/C=C/c2ccccc2F)C1. The molecule has 1 aromatic rings. The number of allylic oxidation sites excluding steroid dienone is 3. The first-order chi connectivity index (χ1) is 8.46. The lowest BCUT2D eigenvalue weighted by molar-refractivity contribution is -0.116. The summed E-state index contributed by atoms with van der Waals surface area (Å²) in [5.74, 6) is -0.0878. The standard InChI is InChI=1S/C16H17FO/c1-16(2)10-12(9-14(18)11-16)7-8-13-5-3-4-6-15(13)17/h3-9H,10-11H2,1-2H3/b8-7+. The van der Waals surface area contributed by atoms with E-state index in [1.54, 1.807) is 30.4 Å². The molecular weight excluding hydrogens is 227 g/mol. The van der Waals surface area contributed by atoms with E-state index >= 15 is 0 Å². The molecule has 1 aromatic carbocycles. The van der Waals surface area contributed by atoms with Gasteiger partial charge in [-0.1, -0.05) is 44.2 Å². The minimum Gasteiger partial charge on any atom is -0.295 e. The molecule has 0 bridgehead atoms. The Morgan fingerprint density at radius 2 is 1.89 bits per heavy atom.